The molecule has 3 rings (SSSR count). The number of carbonyl (C=O) groups is 2. The second-order valence-electron chi connectivity index (χ2n) is 6.75. The van der Waals surface area contributed by atoms with Gasteiger partial charge in [0.2, 0.25) is 5.76 Å². The molecule has 1 aromatic carbocycles. The summed E-state index contributed by atoms with van der Waals surface area (Å²) in [6.07, 6.45) is -0.755. The number of nitrogens with zero attached hydrogens (tertiary/aromatic N) is 1. The number of ether oxygens (including phenoxy) is 1. The average molecular weight is 397 g/mol. The summed E-state index contributed by atoms with van der Waals surface area (Å²) in [5.41, 5.74) is 0.762. The molecule has 0 aliphatic carbocycles. The van der Waals surface area contributed by atoms with Crippen molar-refractivity contribution in [3.05, 3.63) is 35.3 Å². The lowest BCUT2D eigenvalue weighted by Crippen LogP contribution is -2.44. The van der Waals surface area contributed by atoms with E-state index in [0.717, 1.165) is 0 Å². The third-order valence-electron chi connectivity index (χ3n) is 4.82. The van der Waals surface area contributed by atoms with Crippen molar-refractivity contribution in [1.82, 2.24) is 4.90 Å². The molecule has 2 aromatic rings. The Morgan fingerprint density at radius 2 is 2.07 bits per heavy atom. The summed E-state index contributed by atoms with van der Waals surface area (Å²) in [4.78, 5) is 26.2. The molecule has 1 aliphatic rings. The van der Waals surface area contributed by atoms with Crippen LogP contribution in [0, 0.1) is 12.7 Å². The van der Waals surface area contributed by atoms with E-state index in [9.17, 15) is 22.4 Å². The van der Waals surface area contributed by atoms with E-state index < -0.39 is 39.7 Å². The first-order valence-corrected chi connectivity index (χ1v) is 10.3. The molecule has 1 aliphatic heterocycles. The molecule has 0 saturated carbocycles. The summed E-state index contributed by atoms with van der Waals surface area (Å²) in [7, 11) is -1.64. The van der Waals surface area contributed by atoms with Gasteiger partial charge in [0.25, 0.3) is 5.91 Å². The third-order valence-corrected chi connectivity index (χ3v) is 6.57. The van der Waals surface area contributed by atoms with Gasteiger partial charge >= 0.3 is 5.97 Å². The van der Waals surface area contributed by atoms with Crippen LogP contribution in [0.5, 0.6) is 0 Å². The predicted molar refractivity (Wildman–Crippen MR) is 95.6 cm³/mol. The number of fused-ring (bicyclic) bond motifs is 1. The van der Waals surface area contributed by atoms with Crippen molar-refractivity contribution >= 4 is 32.7 Å². The van der Waals surface area contributed by atoms with Crippen LogP contribution >= 0.6 is 0 Å². The smallest absolute Gasteiger partial charge is 0.375 e. The van der Waals surface area contributed by atoms with Crippen molar-refractivity contribution in [2.24, 2.45) is 0 Å². The van der Waals surface area contributed by atoms with E-state index in [2.05, 4.69) is 0 Å². The van der Waals surface area contributed by atoms with Crippen molar-refractivity contribution in [3.63, 3.8) is 0 Å². The van der Waals surface area contributed by atoms with Gasteiger partial charge in [0.05, 0.1) is 11.5 Å². The maximum atomic E-state index is 13.4. The zero-order chi connectivity index (χ0) is 19.9. The summed E-state index contributed by atoms with van der Waals surface area (Å²) < 4.78 is 47.2. The van der Waals surface area contributed by atoms with Gasteiger partial charge in [-0.2, -0.15) is 0 Å². The maximum absolute atomic E-state index is 13.4. The molecule has 146 valence electrons. The van der Waals surface area contributed by atoms with E-state index in [1.165, 1.54) is 37.1 Å². The lowest BCUT2D eigenvalue weighted by atomic mass is 10.1. The number of aryl methyl sites for hydroxylation is 1. The molecule has 2 heterocycles. The Labute approximate surface area is 156 Å². The molecule has 0 radical (unpaired) electrons. The van der Waals surface area contributed by atoms with Crippen LogP contribution in [0.2, 0.25) is 0 Å². The number of hydrogen-bond donors (Lipinski definition) is 0. The van der Waals surface area contributed by atoms with Crippen molar-refractivity contribution in [1.29, 1.82) is 0 Å². The SMILES string of the molecule is Cc1c(C(=O)O[C@H](C)C(=O)N(C)[C@H]2CCS(=O)(=O)C2)oc2ccc(F)cc12. The van der Waals surface area contributed by atoms with Crippen LogP contribution in [0.25, 0.3) is 11.0 Å². The van der Waals surface area contributed by atoms with Crippen LogP contribution in [0.3, 0.4) is 0 Å². The number of sulfone groups is 1. The minimum atomic E-state index is -3.14. The van der Waals surface area contributed by atoms with E-state index in [4.69, 9.17) is 9.15 Å². The van der Waals surface area contributed by atoms with Crippen LogP contribution < -0.4 is 0 Å². The number of hydrogen-bond acceptors (Lipinski definition) is 6. The number of likely N-dealkylation sites (N-methyl/N-ethyl adjacent to an activating group) is 1. The number of amides is 1. The topological polar surface area (TPSA) is 93.9 Å². The quantitative estimate of drug-likeness (QED) is 0.733. The van der Waals surface area contributed by atoms with Gasteiger partial charge in [0, 0.05) is 24.0 Å². The van der Waals surface area contributed by atoms with Crippen molar-refractivity contribution in [3.8, 4) is 0 Å². The van der Waals surface area contributed by atoms with Crippen LogP contribution in [-0.4, -0.2) is 55.9 Å². The molecular formula is C18H20FNO6S. The molecule has 7 nitrogen and oxygen atoms in total. The number of benzene rings is 1. The average Bonchev–Trinajstić information content (AvgIpc) is 3.13. The summed E-state index contributed by atoms with van der Waals surface area (Å²) in [6, 6.07) is 3.46. The molecule has 0 unspecified atom stereocenters. The lowest BCUT2D eigenvalue weighted by molar-refractivity contribution is -0.140. The fraction of sp³-hybridized carbons (Fsp3) is 0.444. The van der Waals surface area contributed by atoms with Gasteiger partial charge < -0.3 is 14.1 Å². The van der Waals surface area contributed by atoms with Gasteiger partial charge in [-0.3, -0.25) is 4.79 Å². The summed E-state index contributed by atoms with van der Waals surface area (Å²) >= 11 is 0. The van der Waals surface area contributed by atoms with E-state index in [-0.39, 0.29) is 17.3 Å². The maximum Gasteiger partial charge on any atom is 0.375 e. The Kier molecular flexibility index (Phi) is 4.98. The van der Waals surface area contributed by atoms with E-state index in [1.807, 2.05) is 0 Å². The molecule has 0 spiro atoms. The minimum Gasteiger partial charge on any atom is -0.449 e. The van der Waals surface area contributed by atoms with E-state index in [0.29, 0.717) is 23.0 Å². The molecule has 1 aromatic heterocycles. The van der Waals surface area contributed by atoms with Gasteiger partial charge in [-0.25, -0.2) is 17.6 Å². The molecule has 27 heavy (non-hydrogen) atoms. The second kappa shape index (κ2) is 6.95. The molecule has 1 amide bonds. The second-order valence-corrected chi connectivity index (χ2v) is 8.98. The predicted octanol–water partition coefficient (Wildman–Crippen LogP) is 2.07. The van der Waals surface area contributed by atoms with Gasteiger partial charge in [0.1, 0.15) is 11.4 Å². The lowest BCUT2D eigenvalue weighted by Gasteiger charge is -2.26. The van der Waals surface area contributed by atoms with E-state index >= 15 is 0 Å². The Morgan fingerprint density at radius 3 is 2.70 bits per heavy atom. The van der Waals surface area contributed by atoms with Crippen LogP contribution in [0.4, 0.5) is 4.39 Å². The summed E-state index contributed by atoms with van der Waals surface area (Å²) in [6.45, 7) is 3.02. The highest BCUT2D eigenvalue weighted by Gasteiger charge is 2.35. The number of carbonyl (C=O) groups excluding carboxylic acids is 2. The normalized spacial score (nSPS) is 19.8. The van der Waals surface area contributed by atoms with Crippen molar-refractivity contribution < 1.29 is 31.6 Å². The van der Waals surface area contributed by atoms with Gasteiger partial charge in [0.15, 0.2) is 15.9 Å². The zero-order valence-electron chi connectivity index (χ0n) is 15.2. The van der Waals surface area contributed by atoms with Crippen LogP contribution in [0.15, 0.2) is 22.6 Å². The molecule has 1 saturated heterocycles. The highest BCUT2D eigenvalue weighted by Crippen LogP contribution is 2.27. The Bertz CT molecular complexity index is 1010. The van der Waals surface area contributed by atoms with Gasteiger partial charge in [-0.15, -0.1) is 0 Å². The molecule has 2 atom stereocenters. The number of esters is 1. The van der Waals surface area contributed by atoms with Crippen molar-refractivity contribution in [2.45, 2.75) is 32.4 Å². The fourth-order valence-electron chi connectivity index (χ4n) is 3.20. The monoisotopic (exact) mass is 397 g/mol. The number of furan rings is 1. The Hall–Kier alpha value is -2.42. The van der Waals surface area contributed by atoms with Gasteiger partial charge in [-0.05, 0) is 38.5 Å². The number of rotatable bonds is 4. The van der Waals surface area contributed by atoms with Gasteiger partial charge in [-0.1, -0.05) is 0 Å². The van der Waals surface area contributed by atoms with Crippen LogP contribution in [0.1, 0.15) is 29.5 Å². The Morgan fingerprint density at radius 1 is 1.37 bits per heavy atom. The highest BCUT2D eigenvalue weighted by atomic mass is 32.2. The first kappa shape index (κ1) is 19.3. The van der Waals surface area contributed by atoms with Crippen molar-refractivity contribution in [2.75, 3.05) is 18.6 Å². The largest absolute Gasteiger partial charge is 0.449 e. The minimum absolute atomic E-state index is 0.0399. The van der Waals surface area contributed by atoms with Crippen LogP contribution in [-0.2, 0) is 19.4 Å². The number of halogens is 1. The summed E-state index contributed by atoms with van der Waals surface area (Å²) in [5, 5.41) is 0.453. The molecule has 0 N–H and O–H groups in total. The third kappa shape index (κ3) is 3.83. The zero-order valence-corrected chi connectivity index (χ0v) is 16.0. The molecular weight excluding hydrogens is 377 g/mol. The standard InChI is InChI=1S/C18H20FNO6S/c1-10-14-8-12(19)4-5-15(14)26-16(10)18(22)25-11(2)17(21)20(3)13-6-7-27(23,24)9-13/h4-5,8,11,13H,6-7,9H2,1-3H3/t11-,13+/m1/s1. The molecule has 9 heteroatoms. The first-order valence-electron chi connectivity index (χ1n) is 8.46. The van der Waals surface area contributed by atoms with E-state index in [1.54, 1.807) is 6.92 Å². The summed E-state index contributed by atoms with van der Waals surface area (Å²) in [5.74, 6) is -1.94. The highest BCUT2D eigenvalue weighted by molar-refractivity contribution is 7.91. The molecule has 0 bridgehead atoms. The first-order chi connectivity index (χ1) is 12.6. The Balaban J connectivity index is 1.72. The molecule has 1 fully saturated rings. The fourth-order valence-corrected chi connectivity index (χ4v) is 4.97.